The molecule has 0 atom stereocenters. The Morgan fingerprint density at radius 1 is 1.11 bits per heavy atom. The van der Waals surface area contributed by atoms with Crippen molar-refractivity contribution in [1.29, 1.82) is 0 Å². The Morgan fingerprint density at radius 2 is 1.74 bits per heavy atom. The lowest BCUT2D eigenvalue weighted by Gasteiger charge is -2.24. The second-order valence-electron chi connectivity index (χ2n) is 6.91. The lowest BCUT2D eigenvalue weighted by molar-refractivity contribution is -0.129. The standard InChI is InChI=1S/C16H33NO2/c1-13(2)11-17-15(18)16(5,6)9-7-8-10-19-12-14(3)4/h13-14H,7-12H2,1-6H3,(H,17,18). The molecule has 114 valence electrons. The number of rotatable bonds is 10. The van der Waals surface area contributed by atoms with Gasteiger partial charge in [-0.25, -0.2) is 0 Å². The van der Waals surface area contributed by atoms with E-state index in [1.54, 1.807) is 0 Å². The molecule has 0 aliphatic carbocycles. The van der Waals surface area contributed by atoms with Crippen molar-refractivity contribution in [3.8, 4) is 0 Å². The second kappa shape index (κ2) is 9.35. The van der Waals surface area contributed by atoms with Gasteiger partial charge in [-0.3, -0.25) is 4.79 Å². The first-order valence-corrected chi connectivity index (χ1v) is 7.61. The van der Waals surface area contributed by atoms with Crippen LogP contribution < -0.4 is 5.32 Å². The van der Waals surface area contributed by atoms with Crippen LogP contribution in [0.2, 0.25) is 0 Å². The molecular weight excluding hydrogens is 238 g/mol. The van der Waals surface area contributed by atoms with Crippen molar-refractivity contribution in [2.45, 2.75) is 60.8 Å². The Labute approximate surface area is 119 Å². The van der Waals surface area contributed by atoms with E-state index >= 15 is 0 Å². The maximum atomic E-state index is 12.0. The normalized spacial score (nSPS) is 12.2. The average Bonchev–Trinajstić information content (AvgIpc) is 2.29. The van der Waals surface area contributed by atoms with E-state index in [2.05, 4.69) is 33.0 Å². The van der Waals surface area contributed by atoms with Crippen LogP contribution in [-0.4, -0.2) is 25.7 Å². The summed E-state index contributed by atoms with van der Waals surface area (Å²) in [5, 5.41) is 3.02. The van der Waals surface area contributed by atoms with Crippen LogP contribution in [0.5, 0.6) is 0 Å². The van der Waals surface area contributed by atoms with Crippen LogP contribution in [0.1, 0.15) is 60.8 Å². The zero-order valence-electron chi connectivity index (χ0n) is 13.7. The molecule has 0 aromatic rings. The Balaban J connectivity index is 3.74. The maximum Gasteiger partial charge on any atom is 0.225 e. The highest BCUT2D eigenvalue weighted by molar-refractivity contribution is 5.81. The van der Waals surface area contributed by atoms with Gasteiger partial charge in [0.2, 0.25) is 5.91 Å². The fourth-order valence-corrected chi connectivity index (χ4v) is 1.74. The minimum absolute atomic E-state index is 0.171. The first kappa shape index (κ1) is 18.4. The van der Waals surface area contributed by atoms with Gasteiger partial charge in [0.25, 0.3) is 0 Å². The number of carbonyl (C=O) groups is 1. The zero-order chi connectivity index (χ0) is 14.9. The summed E-state index contributed by atoms with van der Waals surface area (Å²) in [6, 6.07) is 0. The number of amides is 1. The predicted octanol–water partition coefficient (Wildman–Crippen LogP) is 3.63. The van der Waals surface area contributed by atoms with Crippen molar-refractivity contribution in [1.82, 2.24) is 5.32 Å². The van der Waals surface area contributed by atoms with Crippen molar-refractivity contribution in [2.75, 3.05) is 19.8 Å². The summed E-state index contributed by atoms with van der Waals surface area (Å²) in [4.78, 5) is 12.0. The van der Waals surface area contributed by atoms with Crippen LogP contribution in [0.15, 0.2) is 0 Å². The molecule has 0 saturated carbocycles. The predicted molar refractivity (Wildman–Crippen MR) is 81.1 cm³/mol. The Hall–Kier alpha value is -0.570. The fraction of sp³-hybridized carbons (Fsp3) is 0.938. The Bertz CT molecular complexity index is 247. The molecule has 3 heteroatoms. The molecule has 0 aliphatic rings. The van der Waals surface area contributed by atoms with E-state index in [1.807, 2.05) is 13.8 Å². The van der Waals surface area contributed by atoms with Gasteiger partial charge in [-0.2, -0.15) is 0 Å². The third-order valence-electron chi connectivity index (χ3n) is 3.08. The van der Waals surface area contributed by atoms with Gasteiger partial charge in [0.15, 0.2) is 0 Å². The van der Waals surface area contributed by atoms with E-state index in [-0.39, 0.29) is 11.3 Å². The van der Waals surface area contributed by atoms with Crippen molar-refractivity contribution in [3.05, 3.63) is 0 Å². The molecule has 0 rings (SSSR count). The molecule has 0 aromatic carbocycles. The summed E-state index contributed by atoms with van der Waals surface area (Å²) >= 11 is 0. The van der Waals surface area contributed by atoms with Gasteiger partial charge in [-0.1, -0.05) is 48.0 Å². The van der Waals surface area contributed by atoms with E-state index in [1.165, 1.54) is 0 Å². The zero-order valence-corrected chi connectivity index (χ0v) is 13.7. The van der Waals surface area contributed by atoms with Gasteiger partial charge in [-0.05, 0) is 24.7 Å². The van der Waals surface area contributed by atoms with E-state index in [4.69, 9.17) is 4.74 Å². The first-order chi connectivity index (χ1) is 8.75. The SMILES string of the molecule is CC(C)CNC(=O)C(C)(C)CCCCOCC(C)C. The molecule has 0 bridgehead atoms. The number of carbonyl (C=O) groups excluding carboxylic acids is 1. The molecule has 0 saturated heterocycles. The number of hydrogen-bond acceptors (Lipinski definition) is 2. The van der Waals surface area contributed by atoms with Gasteiger partial charge < -0.3 is 10.1 Å². The van der Waals surface area contributed by atoms with Crippen LogP contribution in [0.25, 0.3) is 0 Å². The molecule has 3 nitrogen and oxygen atoms in total. The Kier molecular flexibility index (Phi) is 9.07. The molecule has 0 fully saturated rings. The van der Waals surface area contributed by atoms with Gasteiger partial charge in [0, 0.05) is 25.2 Å². The third-order valence-corrected chi connectivity index (χ3v) is 3.08. The summed E-state index contributed by atoms with van der Waals surface area (Å²) < 4.78 is 5.55. The molecule has 0 radical (unpaired) electrons. The van der Waals surface area contributed by atoms with Crippen LogP contribution in [-0.2, 0) is 9.53 Å². The van der Waals surface area contributed by atoms with Crippen LogP contribution in [0, 0.1) is 17.3 Å². The van der Waals surface area contributed by atoms with Crippen LogP contribution in [0.3, 0.4) is 0 Å². The lowest BCUT2D eigenvalue weighted by atomic mass is 9.86. The van der Waals surface area contributed by atoms with Crippen molar-refractivity contribution < 1.29 is 9.53 Å². The fourth-order valence-electron chi connectivity index (χ4n) is 1.74. The number of hydrogen-bond donors (Lipinski definition) is 1. The number of unbranched alkanes of at least 4 members (excludes halogenated alkanes) is 1. The average molecular weight is 271 g/mol. The van der Waals surface area contributed by atoms with Gasteiger partial charge in [0.1, 0.15) is 0 Å². The third kappa shape index (κ3) is 9.94. The highest BCUT2D eigenvalue weighted by Crippen LogP contribution is 2.23. The molecule has 19 heavy (non-hydrogen) atoms. The maximum absolute atomic E-state index is 12.0. The van der Waals surface area contributed by atoms with E-state index < -0.39 is 0 Å². The molecule has 0 heterocycles. The molecule has 1 N–H and O–H groups in total. The molecule has 0 spiro atoms. The molecular formula is C16H33NO2. The summed E-state index contributed by atoms with van der Waals surface area (Å²) in [6.45, 7) is 15.0. The van der Waals surface area contributed by atoms with Crippen molar-refractivity contribution in [3.63, 3.8) is 0 Å². The molecule has 0 aromatic heterocycles. The van der Waals surface area contributed by atoms with Crippen LogP contribution in [0.4, 0.5) is 0 Å². The summed E-state index contributed by atoms with van der Waals surface area (Å²) in [5.41, 5.74) is -0.271. The summed E-state index contributed by atoms with van der Waals surface area (Å²) in [6.07, 6.45) is 3.00. The quantitative estimate of drug-likeness (QED) is 0.616. The van der Waals surface area contributed by atoms with Gasteiger partial charge in [-0.15, -0.1) is 0 Å². The minimum atomic E-state index is -0.271. The van der Waals surface area contributed by atoms with Crippen molar-refractivity contribution >= 4 is 5.91 Å². The first-order valence-electron chi connectivity index (χ1n) is 7.61. The van der Waals surface area contributed by atoms with Crippen molar-refractivity contribution in [2.24, 2.45) is 17.3 Å². The monoisotopic (exact) mass is 271 g/mol. The second-order valence-corrected chi connectivity index (χ2v) is 6.91. The highest BCUT2D eigenvalue weighted by atomic mass is 16.5. The number of nitrogens with one attached hydrogen (secondary N) is 1. The topological polar surface area (TPSA) is 38.3 Å². The van der Waals surface area contributed by atoms with E-state index in [0.717, 1.165) is 39.0 Å². The largest absolute Gasteiger partial charge is 0.381 e. The van der Waals surface area contributed by atoms with E-state index in [0.29, 0.717) is 11.8 Å². The summed E-state index contributed by atoms with van der Waals surface area (Å²) in [7, 11) is 0. The molecule has 0 unspecified atom stereocenters. The van der Waals surface area contributed by atoms with Crippen LogP contribution >= 0.6 is 0 Å². The van der Waals surface area contributed by atoms with Gasteiger partial charge in [0.05, 0.1) is 0 Å². The van der Waals surface area contributed by atoms with E-state index in [9.17, 15) is 4.79 Å². The summed E-state index contributed by atoms with van der Waals surface area (Å²) in [5.74, 6) is 1.27. The Morgan fingerprint density at radius 3 is 2.26 bits per heavy atom. The molecule has 1 amide bonds. The number of ether oxygens (including phenoxy) is 1. The smallest absolute Gasteiger partial charge is 0.225 e. The highest BCUT2D eigenvalue weighted by Gasteiger charge is 2.26. The minimum Gasteiger partial charge on any atom is -0.381 e. The van der Waals surface area contributed by atoms with Gasteiger partial charge >= 0.3 is 0 Å². The lowest BCUT2D eigenvalue weighted by Crippen LogP contribution is -2.38. The molecule has 0 aliphatic heterocycles.